The second kappa shape index (κ2) is 9.10. The first-order valence-corrected chi connectivity index (χ1v) is 10.8. The van der Waals surface area contributed by atoms with Crippen molar-refractivity contribution in [2.75, 3.05) is 15.5 Å². The topological polar surface area (TPSA) is 78.5 Å². The molecule has 0 bridgehead atoms. The summed E-state index contributed by atoms with van der Waals surface area (Å²) in [5.41, 5.74) is 3.32. The van der Waals surface area contributed by atoms with Crippen molar-refractivity contribution in [2.24, 2.45) is 0 Å². The van der Waals surface area contributed by atoms with Gasteiger partial charge in [-0.05, 0) is 61.4 Å². The summed E-state index contributed by atoms with van der Waals surface area (Å²) in [5.74, 6) is -1.56. The van der Waals surface area contributed by atoms with Crippen molar-refractivity contribution in [2.45, 2.75) is 13.8 Å². The number of benzene rings is 3. The fourth-order valence-corrected chi connectivity index (χ4v) is 3.84. The molecule has 3 aromatic carbocycles. The highest BCUT2D eigenvalue weighted by Crippen LogP contribution is 2.34. The molecular weight excluding hydrogens is 461 g/mol. The van der Waals surface area contributed by atoms with Gasteiger partial charge < -0.3 is 10.6 Å². The van der Waals surface area contributed by atoms with Crippen LogP contribution in [0.2, 0.25) is 5.02 Å². The molecule has 0 aromatic heterocycles. The molecule has 1 aliphatic rings. The van der Waals surface area contributed by atoms with E-state index in [1.54, 1.807) is 49.4 Å². The molecule has 8 heteroatoms. The number of amides is 3. The molecule has 1 aliphatic heterocycles. The van der Waals surface area contributed by atoms with Crippen molar-refractivity contribution in [3.8, 4) is 0 Å². The third-order valence-electron chi connectivity index (χ3n) is 5.29. The molecule has 0 spiro atoms. The van der Waals surface area contributed by atoms with Gasteiger partial charge in [0, 0.05) is 22.0 Å². The molecule has 0 saturated heterocycles. The number of para-hydroxylation sites is 1. The molecule has 4 rings (SSSR count). The Morgan fingerprint density at radius 3 is 2.36 bits per heavy atom. The van der Waals surface area contributed by atoms with Crippen molar-refractivity contribution in [3.05, 3.63) is 99.2 Å². The summed E-state index contributed by atoms with van der Waals surface area (Å²) >= 11 is 12.4. The molecule has 0 atom stereocenters. The van der Waals surface area contributed by atoms with E-state index < -0.39 is 11.8 Å². The van der Waals surface area contributed by atoms with Crippen LogP contribution in [0.3, 0.4) is 0 Å². The van der Waals surface area contributed by atoms with E-state index in [1.807, 2.05) is 31.2 Å². The molecule has 2 N–H and O–H groups in total. The number of imide groups is 1. The van der Waals surface area contributed by atoms with E-state index in [0.717, 1.165) is 10.5 Å². The van der Waals surface area contributed by atoms with Crippen molar-refractivity contribution in [3.63, 3.8) is 0 Å². The maximum atomic E-state index is 13.1. The van der Waals surface area contributed by atoms with Gasteiger partial charge in [0.1, 0.15) is 10.7 Å². The Kier molecular flexibility index (Phi) is 6.22. The zero-order valence-corrected chi connectivity index (χ0v) is 19.3. The predicted octanol–water partition coefficient (Wildman–Crippen LogP) is 5.64. The third-order valence-corrected chi connectivity index (χ3v) is 6.05. The van der Waals surface area contributed by atoms with E-state index in [1.165, 1.54) is 0 Å². The molecule has 0 radical (unpaired) electrons. The lowest BCUT2D eigenvalue weighted by Crippen LogP contribution is -2.32. The number of hydrogen-bond acceptors (Lipinski definition) is 4. The van der Waals surface area contributed by atoms with Crippen LogP contribution in [0.1, 0.15) is 21.5 Å². The van der Waals surface area contributed by atoms with Gasteiger partial charge in [-0.1, -0.05) is 53.5 Å². The number of aryl methyl sites for hydroxylation is 1. The van der Waals surface area contributed by atoms with Crippen LogP contribution >= 0.6 is 23.2 Å². The molecular formula is C25H19Cl2N3O3. The number of hydrogen-bond donors (Lipinski definition) is 2. The highest BCUT2D eigenvalue weighted by molar-refractivity contribution is 6.53. The van der Waals surface area contributed by atoms with Crippen molar-refractivity contribution in [1.82, 2.24) is 0 Å². The highest BCUT2D eigenvalue weighted by Gasteiger charge is 2.39. The summed E-state index contributed by atoms with van der Waals surface area (Å²) in [5, 5.41) is 5.95. The first kappa shape index (κ1) is 22.6. The zero-order valence-electron chi connectivity index (χ0n) is 17.8. The summed E-state index contributed by atoms with van der Waals surface area (Å²) in [6.45, 7) is 3.62. The van der Waals surface area contributed by atoms with Crippen LogP contribution in [0.25, 0.3) is 0 Å². The minimum Gasteiger partial charge on any atom is -0.350 e. The first-order valence-electron chi connectivity index (χ1n) is 10.1. The summed E-state index contributed by atoms with van der Waals surface area (Å²) in [4.78, 5) is 39.5. The predicted molar refractivity (Wildman–Crippen MR) is 131 cm³/mol. The number of nitrogens with zero attached hydrogens (tertiary/aromatic N) is 1. The third kappa shape index (κ3) is 4.35. The Morgan fingerprint density at radius 1 is 0.879 bits per heavy atom. The minimum absolute atomic E-state index is 0.0718. The summed E-state index contributed by atoms with van der Waals surface area (Å²) in [6.07, 6.45) is 0. The van der Waals surface area contributed by atoms with Crippen molar-refractivity contribution < 1.29 is 14.4 Å². The number of carbonyl (C=O) groups is 3. The molecule has 3 amide bonds. The summed E-state index contributed by atoms with van der Waals surface area (Å²) in [7, 11) is 0. The van der Waals surface area contributed by atoms with Crippen LogP contribution in [-0.2, 0) is 9.59 Å². The van der Waals surface area contributed by atoms with Gasteiger partial charge in [0.2, 0.25) is 0 Å². The molecule has 0 aliphatic carbocycles. The molecule has 0 fully saturated rings. The number of anilines is 3. The number of rotatable bonds is 5. The van der Waals surface area contributed by atoms with E-state index >= 15 is 0 Å². The number of nitrogens with one attached hydrogen (secondary N) is 2. The molecule has 1 heterocycles. The van der Waals surface area contributed by atoms with Crippen LogP contribution in [0.15, 0.2) is 77.5 Å². The van der Waals surface area contributed by atoms with Crippen LogP contribution in [0.5, 0.6) is 0 Å². The standard InChI is InChI=1S/C25H19Cl2N3O3/c1-14-7-3-4-11-19(14)29-23(31)16-8-5-9-17(13-16)28-22-21(27)24(32)30(25(22)33)20-12-6-10-18(26)15(20)2/h3-13,28H,1-2H3,(H,29,31). The Bertz CT molecular complexity index is 1330. The van der Waals surface area contributed by atoms with E-state index in [2.05, 4.69) is 10.6 Å². The Hall–Kier alpha value is -3.61. The lowest BCUT2D eigenvalue weighted by Gasteiger charge is -2.18. The van der Waals surface area contributed by atoms with Crippen molar-refractivity contribution >= 4 is 58.0 Å². The largest absolute Gasteiger partial charge is 0.350 e. The van der Waals surface area contributed by atoms with Crippen molar-refractivity contribution in [1.29, 1.82) is 0 Å². The minimum atomic E-state index is -0.650. The Balaban J connectivity index is 1.57. The molecule has 3 aromatic rings. The Labute approximate surface area is 200 Å². The molecule has 6 nitrogen and oxygen atoms in total. The van der Waals surface area contributed by atoms with Gasteiger partial charge in [0.25, 0.3) is 17.7 Å². The first-order chi connectivity index (χ1) is 15.8. The lowest BCUT2D eigenvalue weighted by molar-refractivity contribution is -0.120. The fraction of sp³-hybridized carbons (Fsp3) is 0.0800. The Morgan fingerprint density at radius 2 is 1.61 bits per heavy atom. The van der Waals surface area contributed by atoms with E-state index in [4.69, 9.17) is 23.2 Å². The van der Waals surface area contributed by atoms with Crippen LogP contribution in [0, 0.1) is 13.8 Å². The van der Waals surface area contributed by atoms with Gasteiger partial charge in [0.15, 0.2) is 0 Å². The SMILES string of the molecule is Cc1ccccc1NC(=O)c1cccc(NC2=C(Cl)C(=O)N(c3cccc(Cl)c3C)C2=O)c1. The van der Waals surface area contributed by atoms with E-state index in [-0.39, 0.29) is 16.6 Å². The monoisotopic (exact) mass is 479 g/mol. The molecule has 166 valence electrons. The molecule has 0 unspecified atom stereocenters. The fourth-order valence-electron chi connectivity index (χ4n) is 3.46. The van der Waals surface area contributed by atoms with Gasteiger partial charge in [-0.2, -0.15) is 0 Å². The second-order valence-electron chi connectivity index (χ2n) is 7.49. The maximum absolute atomic E-state index is 13.1. The average molecular weight is 480 g/mol. The summed E-state index contributed by atoms with van der Waals surface area (Å²) < 4.78 is 0. The highest BCUT2D eigenvalue weighted by atomic mass is 35.5. The lowest BCUT2D eigenvalue weighted by atomic mass is 10.1. The second-order valence-corrected chi connectivity index (χ2v) is 8.28. The van der Waals surface area contributed by atoms with Gasteiger partial charge in [-0.25, -0.2) is 4.90 Å². The zero-order chi connectivity index (χ0) is 23.7. The smallest absolute Gasteiger partial charge is 0.283 e. The van der Waals surface area contributed by atoms with Gasteiger partial charge in [-0.15, -0.1) is 0 Å². The van der Waals surface area contributed by atoms with E-state index in [0.29, 0.717) is 33.2 Å². The van der Waals surface area contributed by atoms with Crippen LogP contribution in [-0.4, -0.2) is 17.7 Å². The van der Waals surface area contributed by atoms with Gasteiger partial charge in [-0.3, -0.25) is 14.4 Å². The van der Waals surface area contributed by atoms with Crippen LogP contribution < -0.4 is 15.5 Å². The summed E-state index contributed by atoms with van der Waals surface area (Å²) in [6, 6.07) is 19.0. The maximum Gasteiger partial charge on any atom is 0.283 e. The molecule has 0 saturated carbocycles. The van der Waals surface area contributed by atoms with Gasteiger partial charge in [0.05, 0.1) is 5.69 Å². The van der Waals surface area contributed by atoms with Gasteiger partial charge >= 0.3 is 0 Å². The van der Waals surface area contributed by atoms with Crippen LogP contribution in [0.4, 0.5) is 17.1 Å². The quantitative estimate of drug-likeness (QED) is 0.463. The number of carbonyl (C=O) groups excluding carboxylic acids is 3. The normalized spacial score (nSPS) is 13.5. The van der Waals surface area contributed by atoms with E-state index in [9.17, 15) is 14.4 Å². The molecule has 33 heavy (non-hydrogen) atoms. The average Bonchev–Trinajstić information content (AvgIpc) is 3.00. The number of halogens is 2.